The summed E-state index contributed by atoms with van der Waals surface area (Å²) in [6, 6.07) is 15.1. The molecule has 3 rings (SSSR count). The van der Waals surface area contributed by atoms with E-state index in [1.54, 1.807) is 0 Å². The molecule has 0 aliphatic carbocycles. The summed E-state index contributed by atoms with van der Waals surface area (Å²) < 4.78 is 6.16. The summed E-state index contributed by atoms with van der Waals surface area (Å²) in [7, 11) is 0. The van der Waals surface area contributed by atoms with Crippen LogP contribution in [-0.4, -0.2) is 19.1 Å². The number of para-hydroxylation sites is 1. The molecule has 132 valence electrons. The molecule has 3 nitrogen and oxygen atoms in total. The van der Waals surface area contributed by atoms with Gasteiger partial charge in [0, 0.05) is 35.2 Å². The number of unbranched alkanes of at least 4 members (excludes halogenated alkanes) is 2. The van der Waals surface area contributed by atoms with Gasteiger partial charge in [0.2, 0.25) is 0 Å². The van der Waals surface area contributed by atoms with Crippen molar-refractivity contribution >= 4 is 33.3 Å². The second-order valence-electron chi connectivity index (χ2n) is 6.31. The van der Waals surface area contributed by atoms with E-state index < -0.39 is 0 Å². The molecule has 0 unspecified atom stereocenters. The van der Waals surface area contributed by atoms with Gasteiger partial charge in [0.15, 0.2) is 0 Å². The maximum absolute atomic E-state index is 11.4. The first-order valence-electron chi connectivity index (χ1n) is 8.99. The van der Waals surface area contributed by atoms with Crippen LogP contribution in [0.2, 0.25) is 0 Å². The van der Waals surface area contributed by atoms with Gasteiger partial charge in [0.1, 0.15) is 0 Å². The van der Waals surface area contributed by atoms with Crippen LogP contribution in [0.3, 0.4) is 0 Å². The Morgan fingerprint density at radius 1 is 1.08 bits per heavy atom. The Kier molecular flexibility index (Phi) is 6.14. The van der Waals surface area contributed by atoms with Crippen LogP contribution in [-0.2, 0) is 16.0 Å². The van der Waals surface area contributed by atoms with Gasteiger partial charge in [0.05, 0.1) is 6.61 Å². The number of halogens is 1. The van der Waals surface area contributed by atoms with Gasteiger partial charge in [-0.3, -0.25) is 4.79 Å². The Labute approximate surface area is 158 Å². The third-order valence-corrected chi connectivity index (χ3v) is 5.35. The molecule has 0 fully saturated rings. The van der Waals surface area contributed by atoms with Crippen molar-refractivity contribution in [2.75, 3.05) is 18.1 Å². The first-order chi connectivity index (χ1) is 12.2. The number of esters is 1. The summed E-state index contributed by atoms with van der Waals surface area (Å²) in [5.41, 5.74) is 5.32. The standard InChI is InChI=1S/C21H24BrNO2/c1-2-25-21(24)13-4-3-7-14-23-19-11-6-5-9-16(19)15-17-18(22)10-8-12-20(17)23/h5-6,8-12H,2-4,7,13-15H2,1H3. The van der Waals surface area contributed by atoms with E-state index in [0.717, 1.165) is 32.2 Å². The highest BCUT2D eigenvalue weighted by Crippen LogP contribution is 2.41. The predicted octanol–water partition coefficient (Wildman–Crippen LogP) is 5.61. The molecule has 0 atom stereocenters. The maximum atomic E-state index is 11.4. The van der Waals surface area contributed by atoms with E-state index in [2.05, 4.69) is 63.3 Å². The number of carbonyl (C=O) groups excluding carboxylic acids is 1. The summed E-state index contributed by atoms with van der Waals surface area (Å²) in [4.78, 5) is 13.9. The molecule has 1 aliphatic heterocycles. The summed E-state index contributed by atoms with van der Waals surface area (Å²) >= 11 is 3.71. The largest absolute Gasteiger partial charge is 0.466 e. The fraction of sp³-hybridized carbons (Fsp3) is 0.381. The van der Waals surface area contributed by atoms with E-state index in [1.165, 1.54) is 27.0 Å². The SMILES string of the molecule is CCOC(=O)CCCCCN1c2ccccc2Cc2c(Br)cccc21. The zero-order valence-electron chi connectivity index (χ0n) is 14.6. The molecule has 0 spiro atoms. The minimum Gasteiger partial charge on any atom is -0.466 e. The lowest BCUT2D eigenvalue weighted by atomic mass is 9.95. The van der Waals surface area contributed by atoms with Gasteiger partial charge in [-0.15, -0.1) is 0 Å². The second-order valence-corrected chi connectivity index (χ2v) is 7.16. The predicted molar refractivity (Wildman–Crippen MR) is 105 cm³/mol. The molecule has 0 saturated carbocycles. The molecule has 1 heterocycles. The fourth-order valence-electron chi connectivity index (χ4n) is 3.41. The topological polar surface area (TPSA) is 29.5 Å². The van der Waals surface area contributed by atoms with E-state index in [-0.39, 0.29) is 5.97 Å². The minimum atomic E-state index is -0.0832. The van der Waals surface area contributed by atoms with Crippen LogP contribution in [0.4, 0.5) is 11.4 Å². The van der Waals surface area contributed by atoms with Gasteiger partial charge in [-0.2, -0.15) is 0 Å². The molecule has 0 aromatic heterocycles. The van der Waals surface area contributed by atoms with Crippen LogP contribution in [0, 0.1) is 0 Å². The number of rotatable bonds is 7. The van der Waals surface area contributed by atoms with Gasteiger partial charge in [0.25, 0.3) is 0 Å². The Bertz CT molecular complexity index is 744. The van der Waals surface area contributed by atoms with Crippen LogP contribution < -0.4 is 4.90 Å². The lowest BCUT2D eigenvalue weighted by molar-refractivity contribution is -0.143. The minimum absolute atomic E-state index is 0.0832. The van der Waals surface area contributed by atoms with Crippen LogP contribution in [0.1, 0.15) is 43.7 Å². The zero-order chi connectivity index (χ0) is 17.6. The summed E-state index contributed by atoms with van der Waals surface area (Å²) in [6.45, 7) is 3.28. The molecule has 25 heavy (non-hydrogen) atoms. The Balaban J connectivity index is 1.67. The van der Waals surface area contributed by atoms with Crippen LogP contribution in [0.5, 0.6) is 0 Å². The number of benzene rings is 2. The molecule has 4 heteroatoms. The van der Waals surface area contributed by atoms with E-state index >= 15 is 0 Å². The van der Waals surface area contributed by atoms with Crippen molar-refractivity contribution in [2.24, 2.45) is 0 Å². The van der Waals surface area contributed by atoms with Crippen molar-refractivity contribution in [3.8, 4) is 0 Å². The number of hydrogen-bond acceptors (Lipinski definition) is 3. The average Bonchev–Trinajstić information content (AvgIpc) is 2.62. The number of fused-ring (bicyclic) bond motifs is 2. The van der Waals surface area contributed by atoms with E-state index in [0.29, 0.717) is 13.0 Å². The van der Waals surface area contributed by atoms with Crippen molar-refractivity contribution in [2.45, 2.75) is 39.0 Å². The number of carbonyl (C=O) groups is 1. The monoisotopic (exact) mass is 401 g/mol. The third-order valence-electron chi connectivity index (χ3n) is 4.60. The number of ether oxygens (including phenoxy) is 1. The van der Waals surface area contributed by atoms with Gasteiger partial charge in [-0.25, -0.2) is 0 Å². The summed E-state index contributed by atoms with van der Waals surface area (Å²) in [6.07, 6.45) is 4.46. The number of hydrogen-bond donors (Lipinski definition) is 0. The van der Waals surface area contributed by atoms with Gasteiger partial charge >= 0.3 is 5.97 Å². The molecule has 0 radical (unpaired) electrons. The first kappa shape index (κ1) is 18.0. The molecule has 0 bridgehead atoms. The van der Waals surface area contributed by atoms with Gasteiger partial charge in [-0.1, -0.05) is 46.6 Å². The van der Waals surface area contributed by atoms with Crippen LogP contribution >= 0.6 is 15.9 Å². The molecule has 0 saturated heterocycles. The van der Waals surface area contributed by atoms with E-state index in [1.807, 2.05) is 6.92 Å². The van der Waals surface area contributed by atoms with E-state index in [9.17, 15) is 4.79 Å². The van der Waals surface area contributed by atoms with Crippen molar-refractivity contribution in [1.82, 2.24) is 0 Å². The normalized spacial score (nSPS) is 12.5. The van der Waals surface area contributed by atoms with Gasteiger partial charge in [-0.05, 0) is 49.1 Å². The Morgan fingerprint density at radius 2 is 1.88 bits per heavy atom. The fourth-order valence-corrected chi connectivity index (χ4v) is 3.91. The highest BCUT2D eigenvalue weighted by molar-refractivity contribution is 9.10. The number of anilines is 2. The molecular weight excluding hydrogens is 378 g/mol. The van der Waals surface area contributed by atoms with Crippen molar-refractivity contribution in [3.05, 3.63) is 58.1 Å². The smallest absolute Gasteiger partial charge is 0.305 e. The zero-order valence-corrected chi connectivity index (χ0v) is 16.2. The van der Waals surface area contributed by atoms with E-state index in [4.69, 9.17) is 4.74 Å². The molecule has 0 N–H and O–H groups in total. The van der Waals surface area contributed by atoms with Crippen molar-refractivity contribution < 1.29 is 9.53 Å². The average molecular weight is 402 g/mol. The lowest BCUT2D eigenvalue weighted by Crippen LogP contribution is -2.24. The quantitative estimate of drug-likeness (QED) is 0.445. The summed E-state index contributed by atoms with van der Waals surface area (Å²) in [5, 5.41) is 0. The maximum Gasteiger partial charge on any atom is 0.305 e. The van der Waals surface area contributed by atoms with Crippen molar-refractivity contribution in [3.63, 3.8) is 0 Å². The Morgan fingerprint density at radius 3 is 2.72 bits per heavy atom. The third kappa shape index (κ3) is 4.24. The molecular formula is C21H24BrNO2. The molecule has 2 aromatic rings. The second kappa shape index (κ2) is 8.52. The molecule has 2 aromatic carbocycles. The number of nitrogens with zero attached hydrogens (tertiary/aromatic N) is 1. The first-order valence-corrected chi connectivity index (χ1v) is 9.78. The lowest BCUT2D eigenvalue weighted by Gasteiger charge is -2.34. The highest BCUT2D eigenvalue weighted by Gasteiger charge is 2.23. The van der Waals surface area contributed by atoms with Crippen molar-refractivity contribution in [1.29, 1.82) is 0 Å². The highest BCUT2D eigenvalue weighted by atomic mass is 79.9. The molecule has 0 amide bonds. The van der Waals surface area contributed by atoms with Crippen LogP contribution in [0.15, 0.2) is 46.9 Å². The van der Waals surface area contributed by atoms with Crippen LogP contribution in [0.25, 0.3) is 0 Å². The van der Waals surface area contributed by atoms with Gasteiger partial charge < -0.3 is 9.64 Å². The summed E-state index contributed by atoms with van der Waals surface area (Å²) in [5.74, 6) is -0.0832. The Hall–Kier alpha value is -1.81. The molecule has 1 aliphatic rings.